The van der Waals surface area contributed by atoms with E-state index in [0.29, 0.717) is 17.9 Å². The third-order valence-corrected chi connectivity index (χ3v) is 6.02. The maximum absolute atomic E-state index is 13.7. The molecule has 0 radical (unpaired) electrons. The highest BCUT2D eigenvalue weighted by atomic mass is 16.5. The molecule has 1 aliphatic heterocycles. The van der Waals surface area contributed by atoms with Crippen molar-refractivity contribution in [3.63, 3.8) is 0 Å². The first kappa shape index (κ1) is 20.0. The number of nitrogens with zero attached hydrogens (tertiary/aromatic N) is 4. The van der Waals surface area contributed by atoms with E-state index < -0.39 is 0 Å². The molecule has 4 aromatic rings. The maximum atomic E-state index is 13.7. The fraction of sp³-hybridized carbons (Fsp3) is 0.192. The Bertz CT molecular complexity index is 1230. The minimum atomic E-state index is -0.198. The summed E-state index contributed by atoms with van der Waals surface area (Å²) in [7, 11) is 1.67. The molecule has 5 rings (SSSR count). The van der Waals surface area contributed by atoms with Gasteiger partial charge in [-0.3, -0.25) is 9.69 Å². The van der Waals surface area contributed by atoms with Crippen LogP contribution in [0, 0.1) is 6.92 Å². The number of rotatable bonds is 4. The number of carbonyl (C=O) groups excluding carboxylic acids is 1. The average molecular weight is 425 g/mol. The standard InChI is InChI=1S/C26H24N4O2/c1-18-12-14-20(15-13-18)25(31)29-22(19-8-4-3-5-9-19)16-23(30-26(29)27-17-28-30)21-10-6-7-11-24(21)32-2/h3-15,17,22-23H,16H2,1-2H3. The van der Waals surface area contributed by atoms with Gasteiger partial charge in [0.2, 0.25) is 5.95 Å². The van der Waals surface area contributed by atoms with Crippen molar-refractivity contribution in [3.05, 3.63) is 107 Å². The van der Waals surface area contributed by atoms with Crippen LogP contribution in [0.4, 0.5) is 5.95 Å². The van der Waals surface area contributed by atoms with Gasteiger partial charge in [-0.2, -0.15) is 10.1 Å². The molecule has 2 atom stereocenters. The minimum Gasteiger partial charge on any atom is -0.496 e. The van der Waals surface area contributed by atoms with Crippen LogP contribution in [0.1, 0.15) is 45.6 Å². The molecule has 3 aromatic carbocycles. The van der Waals surface area contributed by atoms with E-state index in [4.69, 9.17) is 4.74 Å². The van der Waals surface area contributed by atoms with Gasteiger partial charge in [0.1, 0.15) is 12.1 Å². The molecule has 0 spiro atoms. The monoisotopic (exact) mass is 424 g/mol. The van der Waals surface area contributed by atoms with E-state index in [0.717, 1.165) is 22.4 Å². The molecule has 6 heteroatoms. The van der Waals surface area contributed by atoms with E-state index in [2.05, 4.69) is 28.3 Å². The molecular weight excluding hydrogens is 400 g/mol. The smallest absolute Gasteiger partial charge is 0.261 e. The molecule has 1 aromatic heterocycles. The van der Waals surface area contributed by atoms with Crippen LogP contribution >= 0.6 is 0 Å². The first-order valence-corrected chi connectivity index (χ1v) is 10.6. The first-order chi connectivity index (χ1) is 15.7. The third-order valence-electron chi connectivity index (χ3n) is 6.02. The second kappa shape index (κ2) is 8.30. The Morgan fingerprint density at radius 2 is 1.66 bits per heavy atom. The molecule has 0 aliphatic carbocycles. The lowest BCUT2D eigenvalue weighted by Gasteiger charge is -2.39. The van der Waals surface area contributed by atoms with E-state index in [1.165, 1.54) is 6.33 Å². The van der Waals surface area contributed by atoms with E-state index in [1.54, 1.807) is 12.0 Å². The van der Waals surface area contributed by atoms with Crippen molar-refractivity contribution >= 4 is 11.9 Å². The average Bonchev–Trinajstić information content (AvgIpc) is 3.33. The molecule has 0 N–H and O–H groups in total. The van der Waals surface area contributed by atoms with Crippen molar-refractivity contribution < 1.29 is 9.53 Å². The number of anilines is 1. The second-order valence-corrected chi connectivity index (χ2v) is 7.97. The van der Waals surface area contributed by atoms with Crippen molar-refractivity contribution in [2.24, 2.45) is 0 Å². The number of hydrogen-bond donors (Lipinski definition) is 0. The lowest BCUT2D eigenvalue weighted by Crippen LogP contribution is -2.42. The van der Waals surface area contributed by atoms with Crippen LogP contribution in [0.3, 0.4) is 0 Å². The quantitative estimate of drug-likeness (QED) is 0.464. The van der Waals surface area contributed by atoms with Gasteiger partial charge in [0.25, 0.3) is 5.91 Å². The molecule has 1 amide bonds. The molecule has 160 valence electrons. The van der Waals surface area contributed by atoms with Crippen LogP contribution in [0.2, 0.25) is 0 Å². The summed E-state index contributed by atoms with van der Waals surface area (Å²) in [5.74, 6) is 1.24. The number of para-hydroxylation sites is 1. The third kappa shape index (κ3) is 3.43. The van der Waals surface area contributed by atoms with E-state index in [1.807, 2.05) is 72.3 Å². The molecule has 32 heavy (non-hydrogen) atoms. The van der Waals surface area contributed by atoms with Gasteiger partial charge in [-0.15, -0.1) is 0 Å². The highest BCUT2D eigenvalue weighted by Crippen LogP contribution is 2.44. The molecule has 2 heterocycles. The Morgan fingerprint density at radius 1 is 0.938 bits per heavy atom. The van der Waals surface area contributed by atoms with Crippen LogP contribution < -0.4 is 9.64 Å². The lowest BCUT2D eigenvalue weighted by atomic mass is 9.91. The van der Waals surface area contributed by atoms with Crippen LogP contribution in [-0.4, -0.2) is 27.8 Å². The SMILES string of the molecule is COc1ccccc1C1CC(c2ccccc2)N(C(=O)c2ccc(C)cc2)c2ncnn21. The number of methoxy groups -OCH3 is 1. The number of amides is 1. The second-order valence-electron chi connectivity index (χ2n) is 7.97. The predicted octanol–water partition coefficient (Wildman–Crippen LogP) is 4.98. The van der Waals surface area contributed by atoms with Crippen molar-refractivity contribution in [3.8, 4) is 5.75 Å². The van der Waals surface area contributed by atoms with Crippen molar-refractivity contribution in [1.82, 2.24) is 14.8 Å². The van der Waals surface area contributed by atoms with E-state index in [-0.39, 0.29) is 18.0 Å². The van der Waals surface area contributed by atoms with Gasteiger partial charge in [-0.25, -0.2) is 4.68 Å². The summed E-state index contributed by atoms with van der Waals surface area (Å²) in [6.45, 7) is 2.01. The van der Waals surface area contributed by atoms with E-state index in [9.17, 15) is 4.79 Å². The minimum absolute atomic E-state index is 0.0911. The molecule has 0 saturated carbocycles. The Hall–Kier alpha value is -3.93. The number of ether oxygens (including phenoxy) is 1. The summed E-state index contributed by atoms with van der Waals surface area (Å²) in [6, 6.07) is 25.4. The summed E-state index contributed by atoms with van der Waals surface area (Å²) < 4.78 is 7.48. The largest absolute Gasteiger partial charge is 0.496 e. The van der Waals surface area contributed by atoms with Gasteiger partial charge in [0.15, 0.2) is 0 Å². The molecule has 0 bridgehead atoms. The Labute approximate surface area is 187 Å². The summed E-state index contributed by atoms with van der Waals surface area (Å²) >= 11 is 0. The van der Waals surface area contributed by atoms with Crippen molar-refractivity contribution in [2.45, 2.75) is 25.4 Å². The highest BCUT2D eigenvalue weighted by Gasteiger charge is 2.40. The molecule has 2 unspecified atom stereocenters. The lowest BCUT2D eigenvalue weighted by molar-refractivity contribution is 0.0963. The maximum Gasteiger partial charge on any atom is 0.261 e. The number of hydrogen-bond acceptors (Lipinski definition) is 4. The molecular formula is C26H24N4O2. The Morgan fingerprint density at radius 3 is 2.41 bits per heavy atom. The molecule has 6 nitrogen and oxygen atoms in total. The molecule has 0 saturated heterocycles. The van der Waals surface area contributed by atoms with Gasteiger partial charge < -0.3 is 4.74 Å². The molecule has 0 fully saturated rings. The summed E-state index contributed by atoms with van der Waals surface area (Å²) in [6.07, 6.45) is 2.17. The van der Waals surface area contributed by atoms with Gasteiger partial charge in [-0.05, 0) is 37.1 Å². The number of benzene rings is 3. The van der Waals surface area contributed by atoms with E-state index >= 15 is 0 Å². The highest BCUT2D eigenvalue weighted by molar-refractivity contribution is 6.05. The number of aryl methyl sites for hydroxylation is 1. The van der Waals surface area contributed by atoms with Gasteiger partial charge in [-0.1, -0.05) is 66.2 Å². The predicted molar refractivity (Wildman–Crippen MR) is 123 cm³/mol. The fourth-order valence-corrected chi connectivity index (χ4v) is 4.42. The summed E-state index contributed by atoms with van der Waals surface area (Å²) in [5, 5.41) is 4.51. The molecule has 1 aliphatic rings. The normalized spacial score (nSPS) is 17.6. The number of aromatic nitrogens is 3. The van der Waals surface area contributed by atoms with Crippen molar-refractivity contribution in [1.29, 1.82) is 0 Å². The zero-order chi connectivity index (χ0) is 22.1. The van der Waals surface area contributed by atoms with Crippen LogP contribution in [0.15, 0.2) is 85.2 Å². The number of carbonyl (C=O) groups is 1. The van der Waals surface area contributed by atoms with Crippen LogP contribution in [0.5, 0.6) is 5.75 Å². The van der Waals surface area contributed by atoms with Gasteiger partial charge in [0, 0.05) is 11.1 Å². The zero-order valence-electron chi connectivity index (χ0n) is 18.1. The topological polar surface area (TPSA) is 60.2 Å². The first-order valence-electron chi connectivity index (χ1n) is 10.6. The van der Waals surface area contributed by atoms with Gasteiger partial charge >= 0.3 is 0 Å². The Balaban J connectivity index is 1.66. The number of fused-ring (bicyclic) bond motifs is 1. The summed E-state index contributed by atoms with van der Waals surface area (Å²) in [4.78, 5) is 20.0. The van der Waals surface area contributed by atoms with Crippen LogP contribution in [0.25, 0.3) is 0 Å². The summed E-state index contributed by atoms with van der Waals surface area (Å²) in [5.41, 5.74) is 3.81. The fourth-order valence-electron chi connectivity index (χ4n) is 4.42. The van der Waals surface area contributed by atoms with Crippen LogP contribution in [-0.2, 0) is 0 Å². The Kier molecular flexibility index (Phi) is 5.19. The zero-order valence-corrected chi connectivity index (χ0v) is 18.1. The van der Waals surface area contributed by atoms with Crippen molar-refractivity contribution in [2.75, 3.05) is 12.0 Å². The van der Waals surface area contributed by atoms with Gasteiger partial charge in [0.05, 0.1) is 19.2 Å².